The Morgan fingerprint density at radius 2 is 2.27 bits per heavy atom. The number of rotatable bonds is 2. The van der Waals surface area contributed by atoms with Gasteiger partial charge in [0, 0.05) is 27.1 Å². The van der Waals surface area contributed by atoms with Crippen molar-refractivity contribution in [3.05, 3.63) is 17.7 Å². The molecule has 7 heteroatoms. The van der Waals surface area contributed by atoms with E-state index in [1.54, 1.807) is 6.33 Å². The number of nitrogens with one attached hydrogen (secondary N) is 1. The molecule has 1 N–H and O–H groups in total. The molecule has 2 rings (SSSR count). The molecule has 0 aliphatic carbocycles. The normalized spacial score (nSPS) is 18.1. The molecular weight excluding hydrogens is 216 g/mol. The minimum Gasteiger partial charge on any atom is -0.347 e. The third-order valence-electron chi connectivity index (χ3n) is 2.53. The zero-order valence-electron chi connectivity index (χ0n) is 8.77. The molecule has 0 aromatic carbocycles. The standard InChI is InChI=1S/C8H14N4O2S/c1-11(2)15(13,14)12-4-3-7-8(5-12)10-6-9-7/h6H,3-5H2,1-2H3,(H,9,10). The van der Waals surface area contributed by atoms with E-state index in [0.29, 0.717) is 19.5 Å². The fourth-order valence-corrected chi connectivity index (χ4v) is 2.69. The number of aromatic nitrogens is 2. The maximum atomic E-state index is 11.8. The molecule has 15 heavy (non-hydrogen) atoms. The molecule has 0 amide bonds. The molecule has 0 radical (unpaired) electrons. The molecular formula is C8H14N4O2S. The van der Waals surface area contributed by atoms with E-state index in [2.05, 4.69) is 9.97 Å². The second-order valence-electron chi connectivity index (χ2n) is 3.70. The molecule has 1 aliphatic rings. The van der Waals surface area contributed by atoms with Gasteiger partial charge in [0.1, 0.15) is 0 Å². The number of hydrogen-bond donors (Lipinski definition) is 1. The largest absolute Gasteiger partial charge is 0.347 e. The van der Waals surface area contributed by atoms with Crippen molar-refractivity contribution in [2.24, 2.45) is 0 Å². The molecule has 84 valence electrons. The van der Waals surface area contributed by atoms with Crippen LogP contribution in [0, 0.1) is 0 Å². The lowest BCUT2D eigenvalue weighted by Gasteiger charge is -2.27. The topological polar surface area (TPSA) is 69.3 Å². The van der Waals surface area contributed by atoms with Gasteiger partial charge in [-0.1, -0.05) is 0 Å². The number of aromatic amines is 1. The Kier molecular flexibility index (Phi) is 2.53. The molecule has 0 spiro atoms. The van der Waals surface area contributed by atoms with Crippen molar-refractivity contribution in [1.82, 2.24) is 18.6 Å². The van der Waals surface area contributed by atoms with Gasteiger partial charge in [-0.15, -0.1) is 0 Å². The van der Waals surface area contributed by atoms with Crippen molar-refractivity contribution < 1.29 is 8.42 Å². The van der Waals surface area contributed by atoms with Crippen LogP contribution in [0.2, 0.25) is 0 Å². The summed E-state index contributed by atoms with van der Waals surface area (Å²) in [6.07, 6.45) is 2.28. The van der Waals surface area contributed by atoms with Crippen LogP contribution in [0.4, 0.5) is 0 Å². The van der Waals surface area contributed by atoms with Gasteiger partial charge in [-0.05, 0) is 0 Å². The molecule has 0 atom stereocenters. The SMILES string of the molecule is CN(C)S(=O)(=O)N1CCc2nc[nH]c2C1. The lowest BCUT2D eigenvalue weighted by Crippen LogP contribution is -2.42. The van der Waals surface area contributed by atoms with Gasteiger partial charge in [0.05, 0.1) is 24.3 Å². The van der Waals surface area contributed by atoms with Gasteiger partial charge >= 0.3 is 0 Å². The van der Waals surface area contributed by atoms with E-state index in [1.165, 1.54) is 22.7 Å². The van der Waals surface area contributed by atoms with Crippen molar-refractivity contribution >= 4 is 10.2 Å². The Morgan fingerprint density at radius 3 is 2.93 bits per heavy atom. The molecule has 1 aliphatic heterocycles. The van der Waals surface area contributed by atoms with Crippen LogP contribution < -0.4 is 0 Å². The molecule has 0 saturated heterocycles. The minimum absolute atomic E-state index is 0.385. The summed E-state index contributed by atoms with van der Waals surface area (Å²) in [6, 6.07) is 0. The van der Waals surface area contributed by atoms with Crippen LogP contribution in [0.5, 0.6) is 0 Å². The summed E-state index contributed by atoms with van der Waals surface area (Å²) in [7, 11) is -0.223. The Labute approximate surface area is 89.1 Å². The third-order valence-corrected chi connectivity index (χ3v) is 4.41. The Morgan fingerprint density at radius 1 is 1.53 bits per heavy atom. The summed E-state index contributed by atoms with van der Waals surface area (Å²) < 4.78 is 26.4. The summed E-state index contributed by atoms with van der Waals surface area (Å²) in [6.45, 7) is 0.883. The Balaban J connectivity index is 2.24. The summed E-state index contributed by atoms with van der Waals surface area (Å²) in [5.41, 5.74) is 1.87. The van der Waals surface area contributed by atoms with Crippen molar-refractivity contribution in [2.45, 2.75) is 13.0 Å². The molecule has 0 unspecified atom stereocenters. The summed E-state index contributed by atoms with van der Waals surface area (Å²) in [5, 5.41) is 0. The van der Waals surface area contributed by atoms with Crippen LogP contribution in [0.1, 0.15) is 11.4 Å². The molecule has 0 bridgehead atoms. The van der Waals surface area contributed by atoms with Crippen LogP contribution >= 0.6 is 0 Å². The highest BCUT2D eigenvalue weighted by atomic mass is 32.2. The molecule has 6 nitrogen and oxygen atoms in total. The average Bonchev–Trinajstić information content (AvgIpc) is 2.63. The number of hydrogen-bond acceptors (Lipinski definition) is 3. The molecule has 1 aromatic rings. The van der Waals surface area contributed by atoms with Crippen LogP contribution in [-0.4, -0.2) is 47.6 Å². The monoisotopic (exact) mass is 230 g/mol. The van der Waals surface area contributed by atoms with E-state index in [-0.39, 0.29) is 0 Å². The van der Waals surface area contributed by atoms with Crippen LogP contribution in [0.15, 0.2) is 6.33 Å². The van der Waals surface area contributed by atoms with Gasteiger partial charge < -0.3 is 4.98 Å². The first kappa shape index (κ1) is 10.6. The Hall–Kier alpha value is -0.920. The number of fused-ring (bicyclic) bond motifs is 1. The first-order chi connectivity index (χ1) is 7.01. The summed E-state index contributed by atoms with van der Waals surface area (Å²) >= 11 is 0. The highest BCUT2D eigenvalue weighted by Gasteiger charge is 2.29. The highest BCUT2D eigenvalue weighted by Crippen LogP contribution is 2.18. The molecule has 1 aromatic heterocycles. The minimum atomic E-state index is -3.30. The van der Waals surface area contributed by atoms with Crippen LogP contribution in [-0.2, 0) is 23.2 Å². The lowest BCUT2D eigenvalue weighted by atomic mass is 10.2. The third kappa shape index (κ3) is 1.77. The predicted octanol–water partition coefficient (Wildman–Crippen LogP) is -0.426. The average molecular weight is 230 g/mol. The lowest BCUT2D eigenvalue weighted by molar-refractivity contribution is 0.354. The number of imidazole rings is 1. The fourth-order valence-electron chi connectivity index (χ4n) is 1.62. The maximum Gasteiger partial charge on any atom is 0.281 e. The van der Waals surface area contributed by atoms with Crippen LogP contribution in [0.3, 0.4) is 0 Å². The van der Waals surface area contributed by atoms with Gasteiger partial charge in [-0.2, -0.15) is 17.0 Å². The first-order valence-electron chi connectivity index (χ1n) is 4.70. The predicted molar refractivity (Wildman–Crippen MR) is 55.3 cm³/mol. The van der Waals surface area contributed by atoms with Gasteiger partial charge in [0.15, 0.2) is 0 Å². The van der Waals surface area contributed by atoms with E-state index in [9.17, 15) is 8.42 Å². The smallest absolute Gasteiger partial charge is 0.281 e. The molecule has 2 heterocycles. The van der Waals surface area contributed by atoms with Crippen molar-refractivity contribution in [3.63, 3.8) is 0 Å². The van der Waals surface area contributed by atoms with E-state index < -0.39 is 10.2 Å². The number of nitrogens with zero attached hydrogens (tertiary/aromatic N) is 3. The van der Waals surface area contributed by atoms with Gasteiger partial charge in [0.25, 0.3) is 10.2 Å². The maximum absolute atomic E-state index is 11.8. The van der Waals surface area contributed by atoms with E-state index in [0.717, 1.165) is 11.4 Å². The van der Waals surface area contributed by atoms with Gasteiger partial charge in [-0.25, -0.2) is 4.98 Å². The molecule has 0 saturated carbocycles. The summed E-state index contributed by atoms with van der Waals surface area (Å²) in [4.78, 5) is 7.09. The fraction of sp³-hybridized carbons (Fsp3) is 0.625. The van der Waals surface area contributed by atoms with Gasteiger partial charge in [0.2, 0.25) is 0 Å². The zero-order chi connectivity index (χ0) is 11.1. The van der Waals surface area contributed by atoms with Gasteiger partial charge in [-0.3, -0.25) is 0 Å². The first-order valence-corrected chi connectivity index (χ1v) is 6.10. The van der Waals surface area contributed by atoms with E-state index >= 15 is 0 Å². The second kappa shape index (κ2) is 3.58. The highest BCUT2D eigenvalue weighted by molar-refractivity contribution is 7.86. The second-order valence-corrected chi connectivity index (χ2v) is 5.84. The summed E-state index contributed by atoms with van der Waals surface area (Å²) in [5.74, 6) is 0. The Bertz CT molecular complexity index is 451. The van der Waals surface area contributed by atoms with Crippen molar-refractivity contribution in [2.75, 3.05) is 20.6 Å². The van der Waals surface area contributed by atoms with Crippen LogP contribution in [0.25, 0.3) is 0 Å². The van der Waals surface area contributed by atoms with Crippen molar-refractivity contribution in [3.8, 4) is 0 Å². The zero-order valence-corrected chi connectivity index (χ0v) is 9.58. The van der Waals surface area contributed by atoms with E-state index in [4.69, 9.17) is 0 Å². The molecule has 0 fully saturated rings. The number of H-pyrrole nitrogens is 1. The quantitative estimate of drug-likeness (QED) is 0.750. The van der Waals surface area contributed by atoms with E-state index in [1.807, 2.05) is 0 Å². The van der Waals surface area contributed by atoms with Crippen molar-refractivity contribution in [1.29, 1.82) is 0 Å².